The van der Waals surface area contributed by atoms with Gasteiger partial charge in [-0.15, -0.1) is 0 Å². The van der Waals surface area contributed by atoms with Crippen LogP contribution in [0.2, 0.25) is 0 Å². The number of carbonyl (C=O) groups excluding carboxylic acids is 1. The molecule has 0 unspecified atom stereocenters. The molecule has 0 fully saturated rings. The van der Waals surface area contributed by atoms with Crippen molar-refractivity contribution in [3.05, 3.63) is 9.98 Å². The molecule has 0 aliphatic heterocycles. The molecule has 1 aromatic heterocycles. The lowest BCUT2D eigenvalue weighted by Gasteiger charge is -2.06. The highest BCUT2D eigenvalue weighted by molar-refractivity contribution is 9.11. The van der Waals surface area contributed by atoms with E-state index in [0.29, 0.717) is 5.13 Å². The third kappa shape index (κ3) is 6.59. The summed E-state index contributed by atoms with van der Waals surface area (Å²) in [5, 5.41) is 2.82. The molecule has 1 amide bonds. The SMILES string of the molecule is O=C(CCOCC(F)(F)F)Nc1ncc(Br)s1. The standard InChI is InChI=1S/C8H8BrF3N2O2S/c9-5-3-13-7(17-5)14-6(15)1-2-16-4-8(10,11)12/h3H,1-2,4H2,(H,13,14,15). The van der Waals surface area contributed by atoms with E-state index in [1.54, 1.807) is 0 Å². The van der Waals surface area contributed by atoms with Crippen LogP contribution in [0.5, 0.6) is 0 Å². The topological polar surface area (TPSA) is 51.2 Å². The highest BCUT2D eigenvalue weighted by atomic mass is 79.9. The first-order valence-corrected chi connectivity index (χ1v) is 6.03. The molecule has 0 saturated carbocycles. The van der Waals surface area contributed by atoms with E-state index in [-0.39, 0.29) is 13.0 Å². The zero-order chi connectivity index (χ0) is 12.9. The minimum Gasteiger partial charge on any atom is -0.372 e. The minimum atomic E-state index is -4.36. The van der Waals surface area contributed by atoms with Gasteiger partial charge in [0.1, 0.15) is 6.61 Å². The van der Waals surface area contributed by atoms with Crippen LogP contribution in [0, 0.1) is 0 Å². The third-order valence-corrected chi connectivity index (χ3v) is 2.85. The molecule has 17 heavy (non-hydrogen) atoms. The van der Waals surface area contributed by atoms with Crippen LogP contribution >= 0.6 is 27.3 Å². The van der Waals surface area contributed by atoms with Gasteiger partial charge in [-0.3, -0.25) is 4.79 Å². The van der Waals surface area contributed by atoms with Gasteiger partial charge in [0.15, 0.2) is 5.13 Å². The Morgan fingerprint density at radius 3 is 2.82 bits per heavy atom. The smallest absolute Gasteiger partial charge is 0.372 e. The quantitative estimate of drug-likeness (QED) is 0.843. The van der Waals surface area contributed by atoms with Gasteiger partial charge >= 0.3 is 6.18 Å². The van der Waals surface area contributed by atoms with E-state index in [4.69, 9.17) is 0 Å². The zero-order valence-electron chi connectivity index (χ0n) is 8.38. The maximum Gasteiger partial charge on any atom is 0.411 e. The van der Waals surface area contributed by atoms with Crippen molar-refractivity contribution in [2.75, 3.05) is 18.5 Å². The monoisotopic (exact) mass is 332 g/mol. The molecule has 0 bridgehead atoms. The van der Waals surface area contributed by atoms with E-state index < -0.39 is 18.7 Å². The van der Waals surface area contributed by atoms with Crippen LogP contribution in [0.25, 0.3) is 0 Å². The number of thiazole rings is 1. The number of hydrogen-bond donors (Lipinski definition) is 1. The molecule has 0 aliphatic rings. The van der Waals surface area contributed by atoms with Gasteiger partial charge in [0, 0.05) is 0 Å². The number of amides is 1. The van der Waals surface area contributed by atoms with Crippen molar-refractivity contribution in [2.45, 2.75) is 12.6 Å². The lowest BCUT2D eigenvalue weighted by atomic mass is 10.4. The maximum absolute atomic E-state index is 11.7. The molecule has 0 aromatic carbocycles. The van der Waals surface area contributed by atoms with E-state index in [0.717, 1.165) is 3.79 Å². The van der Waals surface area contributed by atoms with E-state index in [1.807, 2.05) is 0 Å². The van der Waals surface area contributed by atoms with Crippen LogP contribution in [-0.2, 0) is 9.53 Å². The molecule has 0 saturated heterocycles. The predicted molar refractivity (Wildman–Crippen MR) is 59.9 cm³/mol. The van der Waals surface area contributed by atoms with E-state index in [2.05, 4.69) is 31.0 Å². The van der Waals surface area contributed by atoms with Crippen LogP contribution in [0.3, 0.4) is 0 Å². The number of anilines is 1. The Kier molecular flexibility index (Phi) is 5.34. The fourth-order valence-electron chi connectivity index (χ4n) is 0.847. The Bertz CT molecular complexity index is 383. The summed E-state index contributed by atoms with van der Waals surface area (Å²) in [7, 11) is 0. The highest BCUT2D eigenvalue weighted by Gasteiger charge is 2.27. The largest absolute Gasteiger partial charge is 0.411 e. The average Bonchev–Trinajstić information content (AvgIpc) is 2.57. The molecule has 9 heteroatoms. The zero-order valence-corrected chi connectivity index (χ0v) is 10.8. The fourth-order valence-corrected chi connectivity index (χ4v) is 1.97. The van der Waals surface area contributed by atoms with Gasteiger partial charge in [0.25, 0.3) is 0 Å². The number of nitrogens with one attached hydrogen (secondary N) is 1. The first-order chi connectivity index (χ1) is 7.87. The van der Waals surface area contributed by atoms with Crippen molar-refractivity contribution in [3.8, 4) is 0 Å². The molecular weight excluding hydrogens is 325 g/mol. The molecular formula is C8H8BrF3N2O2S. The van der Waals surface area contributed by atoms with Crippen molar-refractivity contribution in [2.24, 2.45) is 0 Å². The second kappa shape index (κ2) is 6.31. The summed E-state index contributed by atoms with van der Waals surface area (Å²) in [6.45, 7) is -1.62. The molecule has 1 rings (SSSR count). The Morgan fingerprint density at radius 2 is 2.29 bits per heavy atom. The van der Waals surface area contributed by atoms with Crippen molar-refractivity contribution in [1.29, 1.82) is 0 Å². The summed E-state index contributed by atoms with van der Waals surface area (Å²) in [6.07, 6.45) is -3.00. The van der Waals surface area contributed by atoms with Crippen LogP contribution in [0.4, 0.5) is 18.3 Å². The average molecular weight is 333 g/mol. The lowest BCUT2D eigenvalue weighted by molar-refractivity contribution is -0.174. The normalized spacial score (nSPS) is 11.5. The molecule has 1 heterocycles. The lowest BCUT2D eigenvalue weighted by Crippen LogP contribution is -2.20. The Morgan fingerprint density at radius 1 is 1.59 bits per heavy atom. The number of alkyl halides is 3. The molecule has 0 spiro atoms. The number of aromatic nitrogens is 1. The first kappa shape index (κ1) is 14.4. The third-order valence-electron chi connectivity index (χ3n) is 1.46. The molecule has 0 radical (unpaired) electrons. The molecule has 4 nitrogen and oxygen atoms in total. The minimum absolute atomic E-state index is 0.146. The van der Waals surface area contributed by atoms with Crippen LogP contribution in [-0.4, -0.2) is 30.3 Å². The second-order valence-electron chi connectivity index (χ2n) is 2.94. The first-order valence-electron chi connectivity index (χ1n) is 4.42. The number of halogens is 4. The van der Waals surface area contributed by atoms with Gasteiger partial charge in [-0.05, 0) is 15.9 Å². The summed E-state index contributed by atoms with van der Waals surface area (Å²) >= 11 is 4.38. The summed E-state index contributed by atoms with van der Waals surface area (Å²) < 4.78 is 40.1. The van der Waals surface area contributed by atoms with Crippen molar-refractivity contribution >= 4 is 38.3 Å². The molecule has 0 aliphatic carbocycles. The molecule has 96 valence electrons. The van der Waals surface area contributed by atoms with Gasteiger partial charge in [0.2, 0.25) is 5.91 Å². The Balaban J connectivity index is 2.18. The number of carbonyl (C=O) groups is 1. The van der Waals surface area contributed by atoms with Gasteiger partial charge in [0.05, 0.1) is 23.0 Å². The predicted octanol–water partition coefficient (Wildman–Crippen LogP) is 2.81. The van der Waals surface area contributed by atoms with Crippen LogP contribution < -0.4 is 5.32 Å². The van der Waals surface area contributed by atoms with Crippen molar-refractivity contribution in [1.82, 2.24) is 4.98 Å². The Labute approximate surface area is 107 Å². The molecule has 0 atom stereocenters. The van der Waals surface area contributed by atoms with E-state index >= 15 is 0 Å². The molecule has 1 N–H and O–H groups in total. The van der Waals surface area contributed by atoms with Crippen LogP contribution in [0.15, 0.2) is 9.98 Å². The Hall–Kier alpha value is -0.670. The second-order valence-corrected chi connectivity index (χ2v) is 5.35. The van der Waals surface area contributed by atoms with E-state index in [9.17, 15) is 18.0 Å². The van der Waals surface area contributed by atoms with Gasteiger partial charge in [-0.1, -0.05) is 11.3 Å². The number of hydrogen-bond acceptors (Lipinski definition) is 4. The fraction of sp³-hybridized carbons (Fsp3) is 0.500. The maximum atomic E-state index is 11.7. The van der Waals surface area contributed by atoms with Crippen LogP contribution in [0.1, 0.15) is 6.42 Å². The summed E-state index contributed by atoms with van der Waals surface area (Å²) in [6, 6.07) is 0. The van der Waals surface area contributed by atoms with Crippen molar-refractivity contribution in [3.63, 3.8) is 0 Å². The summed E-state index contributed by atoms with van der Waals surface area (Å²) in [4.78, 5) is 15.1. The number of ether oxygens (including phenoxy) is 1. The molecule has 1 aromatic rings. The van der Waals surface area contributed by atoms with Crippen molar-refractivity contribution < 1.29 is 22.7 Å². The van der Waals surface area contributed by atoms with E-state index in [1.165, 1.54) is 17.5 Å². The number of nitrogens with zero attached hydrogens (tertiary/aromatic N) is 1. The summed E-state index contributed by atoms with van der Waals surface area (Å²) in [5.41, 5.74) is 0. The van der Waals surface area contributed by atoms with Gasteiger partial charge in [-0.25, -0.2) is 4.98 Å². The highest BCUT2D eigenvalue weighted by Crippen LogP contribution is 2.23. The summed E-state index contributed by atoms with van der Waals surface area (Å²) in [5.74, 6) is -0.436. The number of rotatable bonds is 5. The van der Waals surface area contributed by atoms with Gasteiger partial charge in [-0.2, -0.15) is 13.2 Å². The van der Waals surface area contributed by atoms with Gasteiger partial charge < -0.3 is 10.1 Å².